The van der Waals surface area contributed by atoms with Crippen molar-refractivity contribution < 1.29 is 19.1 Å². The lowest BCUT2D eigenvalue weighted by molar-refractivity contribution is -0.136. The number of imide groups is 1. The summed E-state index contributed by atoms with van der Waals surface area (Å²) in [4.78, 5) is 52.8. The summed E-state index contributed by atoms with van der Waals surface area (Å²) in [6.45, 7) is 4.57. The molecule has 0 aliphatic carbocycles. The smallest absolute Gasteiger partial charge is 0.262 e. The van der Waals surface area contributed by atoms with Crippen LogP contribution in [-0.4, -0.2) is 47.0 Å². The van der Waals surface area contributed by atoms with Crippen LogP contribution in [0.25, 0.3) is 10.9 Å². The lowest BCUT2D eigenvalue weighted by atomic mass is 10.0. The zero-order valence-electron chi connectivity index (χ0n) is 17.2. The van der Waals surface area contributed by atoms with E-state index < -0.39 is 11.9 Å². The Hall–Kier alpha value is -3.07. The predicted octanol–water partition coefficient (Wildman–Crippen LogP) is 0.768. The molecule has 30 heavy (non-hydrogen) atoms. The van der Waals surface area contributed by atoms with E-state index in [4.69, 9.17) is 4.74 Å². The molecule has 0 bridgehead atoms. The van der Waals surface area contributed by atoms with Gasteiger partial charge >= 0.3 is 0 Å². The van der Waals surface area contributed by atoms with E-state index in [9.17, 15) is 19.2 Å². The zero-order valence-corrected chi connectivity index (χ0v) is 17.2. The highest BCUT2D eigenvalue weighted by Crippen LogP contribution is 2.20. The molecule has 0 saturated carbocycles. The third-order valence-electron chi connectivity index (χ3n) is 5.06. The number of aromatic nitrogens is 2. The van der Waals surface area contributed by atoms with Crippen molar-refractivity contribution in [2.45, 2.75) is 45.6 Å². The Morgan fingerprint density at radius 1 is 1.33 bits per heavy atom. The van der Waals surface area contributed by atoms with Gasteiger partial charge in [0, 0.05) is 19.6 Å². The number of carbonyl (C=O) groups excluding carboxylic acids is 3. The topological polar surface area (TPSA) is 119 Å². The normalized spacial score (nSPS) is 16.5. The summed E-state index contributed by atoms with van der Waals surface area (Å²) in [6.07, 6.45) is 1.86. The zero-order chi connectivity index (χ0) is 21.7. The first kappa shape index (κ1) is 21.6. The second-order valence-electron chi connectivity index (χ2n) is 7.24. The van der Waals surface area contributed by atoms with E-state index in [1.807, 2.05) is 13.0 Å². The molecule has 9 nitrogen and oxygen atoms in total. The molecule has 1 aromatic carbocycles. The molecule has 1 aliphatic heterocycles. The van der Waals surface area contributed by atoms with Gasteiger partial charge in [-0.3, -0.25) is 29.1 Å². The molecule has 3 amide bonds. The Morgan fingerprint density at radius 3 is 2.87 bits per heavy atom. The van der Waals surface area contributed by atoms with Crippen LogP contribution in [0.2, 0.25) is 0 Å². The molecule has 0 spiro atoms. The molecule has 1 aromatic heterocycles. The van der Waals surface area contributed by atoms with E-state index in [0.717, 1.165) is 5.56 Å². The first-order valence-electron chi connectivity index (χ1n) is 10.1. The minimum Gasteiger partial charge on any atom is -0.372 e. The molecular formula is C21H26N4O5. The quantitative estimate of drug-likeness (QED) is 0.486. The van der Waals surface area contributed by atoms with Gasteiger partial charge in [0.15, 0.2) is 0 Å². The molecule has 1 fully saturated rings. The second-order valence-corrected chi connectivity index (χ2v) is 7.24. The van der Waals surface area contributed by atoms with Crippen molar-refractivity contribution in [3.8, 4) is 0 Å². The van der Waals surface area contributed by atoms with Crippen LogP contribution in [-0.2, 0) is 25.5 Å². The fourth-order valence-electron chi connectivity index (χ4n) is 3.57. The molecule has 2 aromatic rings. The third kappa shape index (κ3) is 4.91. The van der Waals surface area contributed by atoms with Crippen molar-refractivity contribution in [1.82, 2.24) is 20.2 Å². The average Bonchev–Trinajstić information content (AvgIpc) is 2.71. The number of nitrogens with one attached hydrogen (secondary N) is 2. The van der Waals surface area contributed by atoms with Crippen molar-refractivity contribution in [1.29, 1.82) is 0 Å². The van der Waals surface area contributed by atoms with E-state index in [2.05, 4.69) is 15.6 Å². The van der Waals surface area contributed by atoms with Crippen LogP contribution in [0.15, 0.2) is 23.0 Å². The number of benzene rings is 1. The molecule has 1 aliphatic rings. The van der Waals surface area contributed by atoms with E-state index in [1.165, 1.54) is 4.57 Å². The lowest BCUT2D eigenvalue weighted by Crippen LogP contribution is -2.45. The number of fused-ring (bicyclic) bond motifs is 1. The van der Waals surface area contributed by atoms with Gasteiger partial charge in [0.05, 0.1) is 10.9 Å². The summed E-state index contributed by atoms with van der Waals surface area (Å²) in [7, 11) is 0. The highest BCUT2D eigenvalue weighted by atomic mass is 16.5. The van der Waals surface area contributed by atoms with E-state index >= 15 is 0 Å². The van der Waals surface area contributed by atoms with Gasteiger partial charge in [-0.1, -0.05) is 6.07 Å². The average molecular weight is 414 g/mol. The van der Waals surface area contributed by atoms with Crippen LogP contribution in [0.3, 0.4) is 0 Å². The largest absolute Gasteiger partial charge is 0.372 e. The van der Waals surface area contributed by atoms with Gasteiger partial charge in [-0.2, -0.15) is 0 Å². The van der Waals surface area contributed by atoms with Crippen molar-refractivity contribution in [2.75, 3.05) is 19.8 Å². The van der Waals surface area contributed by atoms with E-state index in [-0.39, 0.29) is 36.8 Å². The van der Waals surface area contributed by atoms with Crippen LogP contribution in [0.5, 0.6) is 0 Å². The number of nitrogens with zero attached hydrogens (tertiary/aromatic N) is 2. The standard InChI is InChI=1S/C21H26N4O5/c1-3-30-12-19(27)22-10-4-5-14-6-7-16-15(11-14)21(29)25(13(2)23-16)17-8-9-18(26)24-20(17)28/h6-7,11,17H,3-5,8-10,12H2,1-2H3,(H,22,27)(H,24,26,28). The first-order chi connectivity index (χ1) is 14.4. The Balaban J connectivity index is 1.75. The highest BCUT2D eigenvalue weighted by Gasteiger charge is 2.30. The summed E-state index contributed by atoms with van der Waals surface area (Å²) in [5.41, 5.74) is 1.22. The third-order valence-corrected chi connectivity index (χ3v) is 5.06. The van der Waals surface area contributed by atoms with Crippen LogP contribution < -0.4 is 16.2 Å². The molecule has 1 atom stereocenters. The molecule has 2 N–H and O–H groups in total. The van der Waals surface area contributed by atoms with E-state index in [1.54, 1.807) is 19.1 Å². The van der Waals surface area contributed by atoms with Gasteiger partial charge in [0.25, 0.3) is 5.56 Å². The predicted molar refractivity (Wildman–Crippen MR) is 110 cm³/mol. The maximum atomic E-state index is 13.1. The van der Waals surface area contributed by atoms with Gasteiger partial charge in [-0.05, 0) is 50.8 Å². The SMILES string of the molecule is CCOCC(=O)NCCCc1ccc2nc(C)n(C3CCC(=O)NC3=O)c(=O)c2c1. The van der Waals surface area contributed by atoms with Gasteiger partial charge in [0.2, 0.25) is 17.7 Å². The Kier molecular flexibility index (Phi) is 6.94. The molecular weight excluding hydrogens is 388 g/mol. The summed E-state index contributed by atoms with van der Waals surface area (Å²) < 4.78 is 6.43. The molecule has 1 saturated heterocycles. The lowest BCUT2D eigenvalue weighted by Gasteiger charge is -2.24. The number of hydrogen-bond donors (Lipinski definition) is 2. The van der Waals surface area contributed by atoms with Gasteiger partial charge in [-0.25, -0.2) is 4.98 Å². The number of piperidine rings is 1. The first-order valence-corrected chi connectivity index (χ1v) is 10.1. The monoisotopic (exact) mass is 414 g/mol. The minimum absolute atomic E-state index is 0.0530. The van der Waals surface area contributed by atoms with Crippen molar-refractivity contribution in [3.05, 3.63) is 39.9 Å². The summed E-state index contributed by atoms with van der Waals surface area (Å²) in [5, 5.41) is 5.51. The number of ether oxygens (including phenoxy) is 1. The molecule has 160 valence electrons. The van der Waals surface area contributed by atoms with Crippen molar-refractivity contribution in [2.24, 2.45) is 0 Å². The van der Waals surface area contributed by atoms with Gasteiger partial charge in [0.1, 0.15) is 18.5 Å². The molecule has 0 radical (unpaired) electrons. The van der Waals surface area contributed by atoms with Crippen molar-refractivity contribution >= 4 is 28.6 Å². The van der Waals surface area contributed by atoms with Crippen LogP contribution in [0.1, 0.15) is 43.6 Å². The maximum Gasteiger partial charge on any atom is 0.262 e. The van der Waals surface area contributed by atoms with Crippen LogP contribution in [0, 0.1) is 6.92 Å². The highest BCUT2D eigenvalue weighted by molar-refractivity contribution is 5.99. The molecule has 9 heteroatoms. The van der Waals surface area contributed by atoms with Gasteiger partial charge in [-0.15, -0.1) is 0 Å². The second kappa shape index (κ2) is 9.62. The Bertz CT molecular complexity index is 1030. The summed E-state index contributed by atoms with van der Waals surface area (Å²) >= 11 is 0. The summed E-state index contributed by atoms with van der Waals surface area (Å²) in [6, 6.07) is 4.75. The van der Waals surface area contributed by atoms with Crippen LogP contribution in [0.4, 0.5) is 0 Å². The number of hydrogen-bond acceptors (Lipinski definition) is 6. The number of carbonyl (C=O) groups is 3. The van der Waals surface area contributed by atoms with Gasteiger partial charge < -0.3 is 10.1 Å². The van der Waals surface area contributed by atoms with Crippen molar-refractivity contribution in [3.63, 3.8) is 0 Å². The molecule has 3 rings (SSSR count). The van der Waals surface area contributed by atoms with E-state index in [0.29, 0.717) is 42.7 Å². The number of rotatable bonds is 8. The summed E-state index contributed by atoms with van der Waals surface area (Å²) in [5.74, 6) is -0.517. The minimum atomic E-state index is -0.740. The maximum absolute atomic E-state index is 13.1. The Labute approximate surface area is 173 Å². The molecule has 2 heterocycles. The van der Waals surface area contributed by atoms with Crippen LogP contribution >= 0.6 is 0 Å². The molecule has 1 unspecified atom stereocenters. The fourth-order valence-corrected chi connectivity index (χ4v) is 3.57. The fraction of sp³-hybridized carbons (Fsp3) is 0.476. The number of aryl methyl sites for hydroxylation is 2. The Morgan fingerprint density at radius 2 is 2.13 bits per heavy atom. The number of amides is 3.